The van der Waals surface area contributed by atoms with Gasteiger partial charge in [-0.05, 0) is 70.1 Å². The van der Waals surface area contributed by atoms with E-state index < -0.39 is 172 Å². The molecule has 8 amide bonds. The lowest BCUT2D eigenvalue weighted by Gasteiger charge is -2.33. The van der Waals surface area contributed by atoms with Gasteiger partial charge in [0, 0.05) is 37.9 Å². The average molecular weight is 1010 g/mol. The van der Waals surface area contributed by atoms with E-state index in [4.69, 9.17) is 0 Å². The maximum Gasteiger partial charge on any atom is 0.281 e. The van der Waals surface area contributed by atoms with Crippen molar-refractivity contribution in [3.8, 4) is 5.75 Å². The van der Waals surface area contributed by atoms with Crippen LogP contribution < -0.4 is 67.3 Å². The van der Waals surface area contributed by atoms with Crippen LogP contribution in [0.25, 0.3) is 0 Å². The summed E-state index contributed by atoms with van der Waals surface area (Å²) >= 11 is 0. The Balaban J connectivity index is 1.85. The molecule has 1 aromatic rings. The number of quaternary nitrogens is 1. The Kier molecular flexibility index (Phi) is 21.6. The number of benzene rings is 1. The fraction of sp³-hybridized carbons (Fsp3) is 0.575. The van der Waals surface area contributed by atoms with E-state index >= 15 is 0 Å². The molecule has 70 heavy (non-hydrogen) atoms. The number of nitrogens with zero attached hydrogens (tertiary/aromatic N) is 2. The summed E-state index contributed by atoms with van der Waals surface area (Å²) in [4.78, 5) is 165. The summed E-state index contributed by atoms with van der Waals surface area (Å²) in [6, 6.07) is -7.80. The van der Waals surface area contributed by atoms with Crippen molar-refractivity contribution in [3.63, 3.8) is 0 Å². The van der Waals surface area contributed by atoms with Crippen LogP contribution in [0, 0.1) is 0 Å². The van der Waals surface area contributed by atoms with Crippen LogP contribution in [0.4, 0.5) is 0 Å². The molecule has 388 valence electrons. The van der Waals surface area contributed by atoms with Gasteiger partial charge in [-0.2, -0.15) is 0 Å². The van der Waals surface area contributed by atoms with Crippen molar-refractivity contribution < 1.29 is 103 Å². The van der Waals surface area contributed by atoms with Gasteiger partial charge in [-0.25, -0.2) is 0 Å². The van der Waals surface area contributed by atoms with Crippen LogP contribution in [-0.4, -0.2) is 166 Å². The normalized spacial score (nSPS) is 18.6. The smallest absolute Gasteiger partial charge is 0.281 e. The zero-order chi connectivity index (χ0) is 52.6. The van der Waals surface area contributed by atoms with E-state index in [1.165, 1.54) is 12.1 Å². The number of aliphatic hydroxyl groups excluding tert-OH is 2. The molecule has 1 aromatic carbocycles. The van der Waals surface area contributed by atoms with Gasteiger partial charge in [0.25, 0.3) is 5.91 Å². The molecule has 2 aliphatic heterocycles. The van der Waals surface area contributed by atoms with Crippen LogP contribution in [0.1, 0.15) is 64.4 Å². The summed E-state index contributed by atoms with van der Waals surface area (Å²) in [6.07, 6.45) is -3.97. The molecule has 2 heterocycles. The summed E-state index contributed by atoms with van der Waals surface area (Å²) in [5, 5.41) is 67.3. The first-order valence-corrected chi connectivity index (χ1v) is 23.1. The molecule has 29 nitrogen and oxygen atoms in total. The molecular weight excluding hydrogens is 957 g/mol. The van der Waals surface area contributed by atoms with E-state index in [9.17, 15) is 92.6 Å². The second-order valence-electron chi connectivity index (χ2n) is 16.4. The van der Waals surface area contributed by atoms with Gasteiger partial charge in [-0.3, -0.25) is 38.4 Å². The maximum absolute atomic E-state index is 14.1. The van der Waals surface area contributed by atoms with Gasteiger partial charge in [0.15, 0.2) is 6.04 Å². The number of hydrogen-bond donors (Lipinski definition) is 9. The average Bonchev–Trinajstić information content (AvgIpc) is 3.99. The number of carbonyl (C=O) groups is 11. The first-order chi connectivity index (χ1) is 32.7. The van der Waals surface area contributed by atoms with Gasteiger partial charge in [0.05, 0.1) is 24.7 Å². The second kappa shape index (κ2) is 26.3. The number of phosphoric ester groups is 1. The summed E-state index contributed by atoms with van der Waals surface area (Å²) in [5.74, 6) is -13.6. The lowest BCUT2D eigenvalue weighted by atomic mass is 10.0. The molecule has 0 bridgehead atoms. The van der Waals surface area contributed by atoms with Crippen LogP contribution in [-0.2, 0) is 63.7 Å². The first-order valence-electron chi connectivity index (χ1n) is 21.7. The van der Waals surface area contributed by atoms with Crippen LogP contribution >= 0.6 is 7.82 Å². The third kappa shape index (κ3) is 17.6. The van der Waals surface area contributed by atoms with Crippen LogP contribution in [0.3, 0.4) is 0 Å². The molecule has 0 unspecified atom stereocenters. The van der Waals surface area contributed by atoms with E-state index in [-0.39, 0.29) is 44.3 Å². The second-order valence-corrected chi connectivity index (χ2v) is 17.4. The fourth-order valence-electron chi connectivity index (χ4n) is 7.33. The predicted octanol–water partition coefficient (Wildman–Crippen LogP) is -11.6. The van der Waals surface area contributed by atoms with Crippen LogP contribution in [0.15, 0.2) is 24.3 Å². The van der Waals surface area contributed by atoms with Crippen molar-refractivity contribution in [2.24, 2.45) is 0 Å². The number of likely N-dealkylation sites (tertiary alicyclic amines) is 2. The Bertz CT molecular complexity index is 2170. The third-order valence-corrected chi connectivity index (χ3v) is 11.4. The Morgan fingerprint density at radius 2 is 1.33 bits per heavy atom. The summed E-state index contributed by atoms with van der Waals surface area (Å²) in [5.41, 5.74) is 3.51. The molecule has 2 saturated heterocycles. The van der Waals surface area contributed by atoms with Crippen molar-refractivity contribution >= 4 is 73.0 Å². The quantitative estimate of drug-likeness (QED) is 0.0389. The van der Waals surface area contributed by atoms with Crippen molar-refractivity contribution in [1.29, 1.82) is 0 Å². The van der Waals surface area contributed by atoms with E-state index in [1.807, 2.05) is 5.32 Å². The summed E-state index contributed by atoms with van der Waals surface area (Å²) < 4.78 is 15.4. The Morgan fingerprint density at radius 3 is 1.84 bits per heavy atom. The highest BCUT2D eigenvalue weighted by atomic mass is 31.2. The molecule has 3 rings (SSSR count). The molecule has 0 aliphatic carbocycles. The Hall–Kier alpha value is -6.78. The van der Waals surface area contributed by atoms with Gasteiger partial charge in [0.2, 0.25) is 41.4 Å². The molecule has 9 atom stereocenters. The predicted molar refractivity (Wildman–Crippen MR) is 221 cm³/mol. The number of carboxylic acids is 3. The van der Waals surface area contributed by atoms with Crippen molar-refractivity contribution in [2.45, 2.75) is 120 Å². The summed E-state index contributed by atoms with van der Waals surface area (Å²) in [6.45, 7) is 0.359. The topological polar surface area (TPSA) is 476 Å². The minimum atomic E-state index is -5.49. The monoisotopic (exact) mass is 1010 g/mol. The lowest BCUT2D eigenvalue weighted by Crippen LogP contribution is -2.70. The lowest BCUT2D eigenvalue weighted by molar-refractivity contribution is -0.409. The number of rotatable bonds is 26. The molecule has 30 heteroatoms. The number of aliphatic hydroxyl groups is 2. The van der Waals surface area contributed by atoms with Gasteiger partial charge in [0.1, 0.15) is 56.4 Å². The number of carboxylic acid groups (broad SMARTS) is 3. The molecule has 0 aromatic heterocycles. The van der Waals surface area contributed by atoms with Crippen molar-refractivity contribution in [3.05, 3.63) is 29.8 Å². The van der Waals surface area contributed by atoms with E-state index in [1.54, 1.807) is 0 Å². The van der Waals surface area contributed by atoms with Gasteiger partial charge in [-0.1, -0.05) is 12.1 Å². The molecule has 0 radical (unpaired) electrons. The molecule has 11 N–H and O–H groups in total. The molecular formula is C40H54N9O20P-4. The van der Waals surface area contributed by atoms with E-state index in [0.717, 1.165) is 35.8 Å². The Morgan fingerprint density at radius 1 is 0.757 bits per heavy atom. The largest absolute Gasteiger partial charge is 0.780 e. The zero-order valence-electron chi connectivity index (χ0n) is 37.8. The number of carbonyl (C=O) groups excluding carboxylic acids is 11. The number of hydrogen-bond acceptors (Lipinski definition) is 20. The number of amides is 8. The minimum Gasteiger partial charge on any atom is -0.780 e. The zero-order valence-corrected chi connectivity index (χ0v) is 38.7. The van der Waals surface area contributed by atoms with Crippen LogP contribution in [0.2, 0.25) is 0 Å². The highest BCUT2D eigenvalue weighted by Gasteiger charge is 2.43. The Labute approximate surface area is 398 Å². The molecule has 0 spiro atoms. The van der Waals surface area contributed by atoms with E-state index in [2.05, 4.69) is 36.8 Å². The standard InChI is InChI=1S/C40H58N9O20P/c1-19(40(64)65)43-36(60)27-5-3-13-48(27)38(62)24(11-12-30(53)54)45-37(61)28-6-4-14-49(28)39(63)32(20(2)51)47-35(59)25(15-21-7-9-22(10-8-21)69-70(66,67)68)44-29(52)17-42-34(58)26(16-31(55)56)46-33(57)23(41)18-50/h7-10,19-20,23-28,32,50-51H,3-6,11-18,41H2,1-2H3,(H,42,58)(H,43,60)(H,44,52)(H,45,61)(H,46,57)(H,47,59)(H,53,54)(H,55,56)(H,64,65)(H2,66,67,68)/p-4/t19-,20+,23-,24-,25-,26-,27-,28-,32-/m0/s1. The summed E-state index contributed by atoms with van der Waals surface area (Å²) in [7, 11) is -5.49. The van der Waals surface area contributed by atoms with Crippen molar-refractivity contribution in [1.82, 2.24) is 41.7 Å². The van der Waals surface area contributed by atoms with Gasteiger partial charge in [-0.15, -0.1) is 0 Å². The highest BCUT2D eigenvalue weighted by Crippen LogP contribution is 2.29. The molecule has 2 fully saturated rings. The highest BCUT2D eigenvalue weighted by molar-refractivity contribution is 7.43. The fourth-order valence-corrected chi connectivity index (χ4v) is 7.71. The number of aliphatic carboxylic acids is 3. The SMILES string of the molecule is C[C@H](NC(=O)[C@@H]1CCCN1C(=O)[C@H](CCC(=O)[O-])NC(=O)[C@@H]1CCCN1C(=O)[C@@H](NC(=O)[C@H](Cc1ccc(OP(=O)([O-])[O-])cc1)NC(=O)CNC(=O)[C@H](CC(=O)[O-])NC(=O)[C@@H]([NH3+])CO)[C@@H](C)O)C(=O)[O-]. The molecule has 2 aliphatic rings. The van der Waals surface area contributed by atoms with E-state index in [0.29, 0.717) is 0 Å². The number of nitrogens with one attached hydrogen (secondary N) is 6. The third-order valence-electron chi connectivity index (χ3n) is 10.9. The van der Waals surface area contributed by atoms with Crippen LogP contribution in [0.5, 0.6) is 5.75 Å². The first kappa shape index (κ1) is 57.5. The van der Waals surface area contributed by atoms with Crippen molar-refractivity contribution in [2.75, 3.05) is 26.2 Å². The van der Waals surface area contributed by atoms with Gasteiger partial charge >= 0.3 is 0 Å². The number of phosphoric acid groups is 1. The minimum absolute atomic E-state index is 0.0194. The molecule has 0 saturated carbocycles. The maximum atomic E-state index is 14.1. The van der Waals surface area contributed by atoms with Gasteiger partial charge < -0.3 is 106 Å².